The molecule has 1 N–H and O–H groups in total. The van der Waals surface area contributed by atoms with Crippen molar-refractivity contribution >= 4 is 5.97 Å². The lowest BCUT2D eigenvalue weighted by atomic mass is 10.2. The van der Waals surface area contributed by atoms with Gasteiger partial charge in [-0.3, -0.25) is 0 Å². The fourth-order valence-corrected chi connectivity index (χ4v) is 1.68. The Hall–Kier alpha value is -1.49. The molecule has 1 unspecified atom stereocenters. The molecule has 2 aliphatic heterocycles. The molecule has 0 bridgehead atoms. The molecule has 0 aromatic carbocycles. The fourth-order valence-electron chi connectivity index (χ4n) is 1.68. The SMILES string of the molecule is CCOC(=O)C=C1NC=C2OC(C)(C)OC12. The number of fused-ring (bicyclic) bond motifs is 1. The van der Waals surface area contributed by atoms with E-state index in [-0.39, 0.29) is 12.1 Å². The lowest BCUT2D eigenvalue weighted by molar-refractivity contribution is -0.138. The highest BCUT2D eigenvalue weighted by molar-refractivity contribution is 5.83. The van der Waals surface area contributed by atoms with Crippen LogP contribution in [0.15, 0.2) is 23.7 Å². The topological polar surface area (TPSA) is 56.8 Å². The smallest absolute Gasteiger partial charge is 0.332 e. The minimum atomic E-state index is -0.646. The van der Waals surface area contributed by atoms with E-state index in [1.165, 1.54) is 6.08 Å². The minimum absolute atomic E-state index is 0.320. The highest BCUT2D eigenvalue weighted by Gasteiger charge is 2.42. The van der Waals surface area contributed by atoms with Crippen LogP contribution in [0, 0.1) is 0 Å². The van der Waals surface area contributed by atoms with Gasteiger partial charge < -0.3 is 19.5 Å². The third kappa shape index (κ3) is 2.04. The van der Waals surface area contributed by atoms with E-state index in [0.29, 0.717) is 18.1 Å². The maximum absolute atomic E-state index is 11.3. The van der Waals surface area contributed by atoms with Crippen LogP contribution in [0.4, 0.5) is 0 Å². The highest BCUT2D eigenvalue weighted by Crippen LogP contribution is 2.36. The maximum Gasteiger partial charge on any atom is 0.332 e. The second-order valence-corrected chi connectivity index (χ2v) is 4.04. The quantitative estimate of drug-likeness (QED) is 0.562. The molecule has 0 spiro atoms. The Kier molecular flexibility index (Phi) is 2.63. The molecule has 0 saturated carbocycles. The summed E-state index contributed by atoms with van der Waals surface area (Å²) in [6.45, 7) is 5.78. The Bertz CT molecular complexity index is 370. The van der Waals surface area contributed by atoms with Crippen molar-refractivity contribution < 1.29 is 19.0 Å². The van der Waals surface area contributed by atoms with Crippen LogP contribution >= 0.6 is 0 Å². The summed E-state index contributed by atoms with van der Waals surface area (Å²) in [6.07, 6.45) is 2.77. The molecule has 5 heteroatoms. The third-order valence-electron chi connectivity index (χ3n) is 2.25. The number of nitrogens with one attached hydrogen (secondary N) is 1. The van der Waals surface area contributed by atoms with Crippen LogP contribution in [0.5, 0.6) is 0 Å². The first-order valence-electron chi connectivity index (χ1n) is 5.23. The molecule has 1 fully saturated rings. The van der Waals surface area contributed by atoms with Crippen LogP contribution in [0.2, 0.25) is 0 Å². The van der Waals surface area contributed by atoms with E-state index in [2.05, 4.69) is 5.32 Å². The number of carbonyl (C=O) groups excluding carboxylic acids is 1. The lowest BCUT2D eigenvalue weighted by Gasteiger charge is -2.17. The Labute approximate surface area is 94.0 Å². The summed E-state index contributed by atoms with van der Waals surface area (Å²) in [4.78, 5) is 11.3. The van der Waals surface area contributed by atoms with Gasteiger partial charge in [0.2, 0.25) is 5.79 Å². The van der Waals surface area contributed by atoms with Gasteiger partial charge >= 0.3 is 5.97 Å². The molecule has 1 atom stereocenters. The van der Waals surface area contributed by atoms with E-state index in [0.717, 1.165) is 0 Å². The fraction of sp³-hybridized carbons (Fsp3) is 0.545. The molecule has 2 aliphatic rings. The van der Waals surface area contributed by atoms with E-state index in [1.807, 2.05) is 13.8 Å². The van der Waals surface area contributed by atoms with Gasteiger partial charge in [0.1, 0.15) is 0 Å². The van der Waals surface area contributed by atoms with E-state index >= 15 is 0 Å². The molecular weight excluding hydrogens is 210 g/mol. The summed E-state index contributed by atoms with van der Waals surface area (Å²) in [6, 6.07) is 0. The normalized spacial score (nSPS) is 28.1. The number of esters is 1. The second-order valence-electron chi connectivity index (χ2n) is 4.04. The number of hydrogen-bond donors (Lipinski definition) is 1. The summed E-state index contributed by atoms with van der Waals surface area (Å²) in [5.41, 5.74) is 0.652. The van der Waals surface area contributed by atoms with Gasteiger partial charge in [0, 0.05) is 26.1 Å². The van der Waals surface area contributed by atoms with Gasteiger partial charge in [0.05, 0.1) is 12.3 Å². The molecule has 0 radical (unpaired) electrons. The number of hydrogen-bond acceptors (Lipinski definition) is 5. The van der Waals surface area contributed by atoms with Gasteiger partial charge in [0.25, 0.3) is 0 Å². The minimum Gasteiger partial charge on any atom is -0.463 e. The summed E-state index contributed by atoms with van der Waals surface area (Å²) < 4.78 is 16.0. The summed E-state index contributed by atoms with van der Waals surface area (Å²) in [5, 5.41) is 2.93. The van der Waals surface area contributed by atoms with Crippen molar-refractivity contribution in [2.24, 2.45) is 0 Å². The van der Waals surface area contributed by atoms with E-state index in [9.17, 15) is 4.79 Å². The zero-order chi connectivity index (χ0) is 11.8. The summed E-state index contributed by atoms with van der Waals surface area (Å²) >= 11 is 0. The summed E-state index contributed by atoms with van der Waals surface area (Å²) in [5.74, 6) is -0.333. The largest absolute Gasteiger partial charge is 0.463 e. The van der Waals surface area contributed by atoms with Crippen LogP contribution < -0.4 is 5.32 Å². The van der Waals surface area contributed by atoms with Crippen LogP contribution in [0.25, 0.3) is 0 Å². The number of carbonyl (C=O) groups is 1. The first-order chi connectivity index (χ1) is 7.52. The van der Waals surface area contributed by atoms with Crippen LogP contribution in [-0.4, -0.2) is 24.5 Å². The molecule has 0 amide bonds. The van der Waals surface area contributed by atoms with Crippen molar-refractivity contribution in [2.75, 3.05) is 6.61 Å². The predicted octanol–water partition coefficient (Wildman–Crippen LogP) is 1.03. The van der Waals surface area contributed by atoms with Crippen molar-refractivity contribution in [3.63, 3.8) is 0 Å². The van der Waals surface area contributed by atoms with Gasteiger partial charge in [-0.2, -0.15) is 0 Å². The van der Waals surface area contributed by atoms with E-state index in [4.69, 9.17) is 14.2 Å². The second kappa shape index (κ2) is 3.83. The molecule has 5 nitrogen and oxygen atoms in total. The number of rotatable bonds is 2. The molecule has 16 heavy (non-hydrogen) atoms. The van der Waals surface area contributed by atoms with Gasteiger partial charge in [-0.15, -0.1) is 0 Å². The molecule has 2 rings (SSSR count). The van der Waals surface area contributed by atoms with Gasteiger partial charge in [-0.1, -0.05) is 0 Å². The van der Waals surface area contributed by atoms with E-state index < -0.39 is 5.79 Å². The Balaban J connectivity index is 2.09. The zero-order valence-electron chi connectivity index (χ0n) is 9.57. The van der Waals surface area contributed by atoms with Crippen molar-refractivity contribution in [1.82, 2.24) is 5.32 Å². The molecule has 1 saturated heterocycles. The predicted molar refractivity (Wildman–Crippen MR) is 56.0 cm³/mol. The molecule has 0 aliphatic carbocycles. The maximum atomic E-state index is 11.3. The van der Waals surface area contributed by atoms with Crippen LogP contribution in [0.3, 0.4) is 0 Å². The molecule has 2 heterocycles. The molecule has 0 aromatic heterocycles. The van der Waals surface area contributed by atoms with Gasteiger partial charge in [-0.25, -0.2) is 4.79 Å². The average Bonchev–Trinajstić information content (AvgIpc) is 2.64. The average molecular weight is 225 g/mol. The molecule has 88 valence electrons. The van der Waals surface area contributed by atoms with Gasteiger partial charge in [0.15, 0.2) is 11.9 Å². The Morgan fingerprint density at radius 2 is 2.44 bits per heavy atom. The van der Waals surface area contributed by atoms with Gasteiger partial charge in [-0.05, 0) is 6.92 Å². The third-order valence-corrected chi connectivity index (χ3v) is 2.25. The highest BCUT2D eigenvalue weighted by atomic mass is 16.7. The van der Waals surface area contributed by atoms with Crippen molar-refractivity contribution in [3.8, 4) is 0 Å². The number of ether oxygens (including phenoxy) is 3. The first-order valence-corrected chi connectivity index (χ1v) is 5.23. The Morgan fingerprint density at radius 3 is 3.12 bits per heavy atom. The zero-order valence-corrected chi connectivity index (χ0v) is 9.57. The molecular formula is C11H15NO4. The molecule has 0 aromatic rings. The van der Waals surface area contributed by atoms with Crippen molar-refractivity contribution in [3.05, 3.63) is 23.7 Å². The first kappa shape index (κ1) is 11.0. The van der Waals surface area contributed by atoms with Crippen LogP contribution in [0.1, 0.15) is 20.8 Å². The Morgan fingerprint density at radius 1 is 1.69 bits per heavy atom. The van der Waals surface area contributed by atoms with Crippen LogP contribution in [-0.2, 0) is 19.0 Å². The standard InChI is InChI=1S/C11H15NO4/c1-4-14-9(13)5-7-10-8(6-12-7)15-11(2,3)16-10/h5-6,10,12H,4H2,1-3H3. The summed E-state index contributed by atoms with van der Waals surface area (Å²) in [7, 11) is 0. The van der Waals surface area contributed by atoms with E-state index in [1.54, 1.807) is 13.1 Å². The van der Waals surface area contributed by atoms with Crippen molar-refractivity contribution in [2.45, 2.75) is 32.7 Å². The van der Waals surface area contributed by atoms with Crippen molar-refractivity contribution in [1.29, 1.82) is 0 Å². The lowest BCUT2D eigenvalue weighted by Crippen LogP contribution is -2.25. The monoisotopic (exact) mass is 225 g/mol.